The molecule has 0 radical (unpaired) electrons. The molecule has 20 heavy (non-hydrogen) atoms. The van der Waals surface area contributed by atoms with Crippen LogP contribution in [0.5, 0.6) is 0 Å². The number of nitrogens with one attached hydrogen (secondary N) is 1. The van der Waals surface area contributed by atoms with Crippen molar-refractivity contribution in [2.45, 2.75) is 6.54 Å². The van der Waals surface area contributed by atoms with Crippen LogP contribution in [0.3, 0.4) is 0 Å². The molecule has 0 aliphatic carbocycles. The minimum Gasteiger partial charge on any atom is -0.423 e. The van der Waals surface area contributed by atoms with Gasteiger partial charge in [0.15, 0.2) is 0 Å². The Hall–Kier alpha value is -2.21. The Balaban J connectivity index is 1.72. The molecule has 0 bridgehead atoms. The zero-order chi connectivity index (χ0) is 13.8. The zero-order valence-corrected chi connectivity index (χ0v) is 12.0. The van der Waals surface area contributed by atoms with Crippen LogP contribution in [0, 0.1) is 0 Å². The van der Waals surface area contributed by atoms with E-state index < -0.39 is 0 Å². The summed E-state index contributed by atoms with van der Waals surface area (Å²) in [5, 5.41) is 10.9. The molecule has 0 unspecified atom stereocenters. The smallest absolute Gasteiger partial charge is 0.247 e. The molecule has 100 valence electrons. The van der Waals surface area contributed by atoms with Gasteiger partial charge in [-0.25, -0.2) is 0 Å². The minimum atomic E-state index is 0.510. The number of pyridine rings is 1. The molecule has 2 heterocycles. The number of benzene rings is 1. The average molecular weight is 331 g/mol. The number of aromatic nitrogens is 3. The summed E-state index contributed by atoms with van der Waals surface area (Å²) in [6, 6.07) is 11.8. The van der Waals surface area contributed by atoms with Crippen molar-refractivity contribution in [2.24, 2.45) is 0 Å². The lowest BCUT2D eigenvalue weighted by atomic mass is 10.2. The van der Waals surface area contributed by atoms with E-state index in [2.05, 4.69) is 36.4 Å². The van der Waals surface area contributed by atoms with Gasteiger partial charge in [0.05, 0.1) is 12.2 Å². The number of nitrogens with zero attached hydrogens (tertiary/aromatic N) is 3. The molecule has 5 nitrogen and oxygen atoms in total. The first-order valence-corrected chi connectivity index (χ1v) is 6.81. The Morgan fingerprint density at radius 1 is 1.20 bits per heavy atom. The topological polar surface area (TPSA) is 63.8 Å². The van der Waals surface area contributed by atoms with Gasteiger partial charge >= 0.3 is 0 Å². The second-order valence-corrected chi connectivity index (χ2v) is 5.06. The molecular formula is C14H11BrN4O. The predicted molar refractivity (Wildman–Crippen MR) is 79.0 cm³/mol. The normalized spacial score (nSPS) is 10.4. The van der Waals surface area contributed by atoms with Gasteiger partial charge in [-0.15, -0.1) is 10.2 Å². The van der Waals surface area contributed by atoms with E-state index in [9.17, 15) is 0 Å². The van der Waals surface area contributed by atoms with E-state index in [4.69, 9.17) is 4.42 Å². The Bertz CT molecular complexity index is 683. The van der Waals surface area contributed by atoms with Gasteiger partial charge in [0.1, 0.15) is 0 Å². The maximum atomic E-state index is 5.18. The van der Waals surface area contributed by atoms with E-state index >= 15 is 0 Å². The van der Waals surface area contributed by atoms with Crippen molar-refractivity contribution < 1.29 is 4.42 Å². The molecule has 0 aliphatic rings. The van der Waals surface area contributed by atoms with Crippen LogP contribution in [0.1, 0.15) is 5.69 Å². The largest absolute Gasteiger partial charge is 0.423 e. The second kappa shape index (κ2) is 5.83. The van der Waals surface area contributed by atoms with Crippen molar-refractivity contribution >= 4 is 21.6 Å². The minimum absolute atomic E-state index is 0.510. The summed E-state index contributed by atoms with van der Waals surface area (Å²) in [6.07, 6.45) is 3.10. The van der Waals surface area contributed by atoms with E-state index in [1.54, 1.807) is 6.20 Å². The van der Waals surface area contributed by atoms with E-state index in [-0.39, 0.29) is 0 Å². The van der Waals surface area contributed by atoms with Crippen molar-refractivity contribution in [3.63, 3.8) is 0 Å². The molecular weight excluding hydrogens is 320 g/mol. The predicted octanol–water partition coefficient (Wildman–Crippen LogP) is 3.51. The van der Waals surface area contributed by atoms with Gasteiger partial charge in [0, 0.05) is 21.9 Å². The van der Waals surface area contributed by atoms with Crippen molar-refractivity contribution in [3.8, 4) is 11.5 Å². The van der Waals surface area contributed by atoms with Crippen LogP contribution in [-0.2, 0) is 6.54 Å². The van der Waals surface area contributed by atoms with Crippen molar-refractivity contribution in [3.05, 3.63) is 59.2 Å². The van der Waals surface area contributed by atoms with E-state index in [0.717, 1.165) is 21.4 Å². The van der Waals surface area contributed by atoms with Gasteiger partial charge in [-0.2, -0.15) is 0 Å². The summed E-state index contributed by atoms with van der Waals surface area (Å²) in [7, 11) is 0. The maximum Gasteiger partial charge on any atom is 0.247 e. The summed E-state index contributed by atoms with van der Waals surface area (Å²) >= 11 is 3.37. The lowest BCUT2D eigenvalue weighted by molar-refractivity contribution is 0.568. The maximum absolute atomic E-state index is 5.18. The van der Waals surface area contributed by atoms with E-state index in [1.165, 1.54) is 6.39 Å². The quantitative estimate of drug-likeness (QED) is 0.793. The molecule has 2 aromatic heterocycles. The van der Waals surface area contributed by atoms with Crippen molar-refractivity contribution in [2.75, 3.05) is 5.32 Å². The molecule has 0 fully saturated rings. The van der Waals surface area contributed by atoms with Crippen LogP contribution in [0.15, 0.2) is 57.9 Å². The molecule has 1 N–H and O–H groups in total. The van der Waals surface area contributed by atoms with Gasteiger partial charge in [-0.3, -0.25) is 4.98 Å². The summed E-state index contributed by atoms with van der Waals surface area (Å²) in [5.74, 6) is 0.510. The van der Waals surface area contributed by atoms with Crippen LogP contribution in [0.2, 0.25) is 0 Å². The fraction of sp³-hybridized carbons (Fsp3) is 0.0714. The fourth-order valence-corrected chi connectivity index (χ4v) is 2.00. The van der Waals surface area contributed by atoms with E-state index in [0.29, 0.717) is 12.4 Å². The monoisotopic (exact) mass is 330 g/mol. The number of halogens is 1. The standard InChI is InChI=1S/C14H11BrN4O/c15-11-4-5-13(16-7-11)8-17-12-3-1-2-10(6-12)14-19-18-9-20-14/h1-7,9,17H,8H2. The summed E-state index contributed by atoms with van der Waals surface area (Å²) < 4.78 is 6.15. The molecule has 0 atom stereocenters. The molecule has 0 saturated carbocycles. The van der Waals surface area contributed by atoms with Crippen molar-refractivity contribution in [1.29, 1.82) is 0 Å². The summed E-state index contributed by atoms with van der Waals surface area (Å²) in [4.78, 5) is 4.32. The zero-order valence-electron chi connectivity index (χ0n) is 10.5. The highest BCUT2D eigenvalue weighted by atomic mass is 79.9. The second-order valence-electron chi connectivity index (χ2n) is 4.15. The molecule has 0 spiro atoms. The average Bonchev–Trinajstić information content (AvgIpc) is 3.01. The van der Waals surface area contributed by atoms with Gasteiger partial charge in [-0.1, -0.05) is 6.07 Å². The molecule has 1 aromatic carbocycles. The Labute approximate surface area is 124 Å². The van der Waals surface area contributed by atoms with Gasteiger partial charge < -0.3 is 9.73 Å². The van der Waals surface area contributed by atoms with Crippen LogP contribution in [0.4, 0.5) is 5.69 Å². The van der Waals surface area contributed by atoms with Crippen LogP contribution < -0.4 is 5.32 Å². The molecule has 0 saturated heterocycles. The third kappa shape index (κ3) is 3.03. The first-order valence-electron chi connectivity index (χ1n) is 6.02. The molecule has 6 heteroatoms. The van der Waals surface area contributed by atoms with E-state index in [1.807, 2.05) is 36.4 Å². The first-order chi connectivity index (χ1) is 9.81. The molecule has 0 amide bonds. The van der Waals surface area contributed by atoms with Gasteiger partial charge in [-0.05, 0) is 46.3 Å². The highest BCUT2D eigenvalue weighted by molar-refractivity contribution is 9.10. The third-order valence-corrected chi connectivity index (χ3v) is 3.20. The highest BCUT2D eigenvalue weighted by Crippen LogP contribution is 2.20. The summed E-state index contributed by atoms with van der Waals surface area (Å²) in [5.41, 5.74) is 2.83. The SMILES string of the molecule is Brc1ccc(CNc2cccc(-c3nnco3)c2)nc1. The highest BCUT2D eigenvalue weighted by Gasteiger charge is 2.04. The van der Waals surface area contributed by atoms with Gasteiger partial charge in [0.2, 0.25) is 12.3 Å². The number of hydrogen-bond donors (Lipinski definition) is 1. The van der Waals surface area contributed by atoms with Crippen LogP contribution >= 0.6 is 15.9 Å². The first kappa shape index (κ1) is 12.8. The fourth-order valence-electron chi connectivity index (χ4n) is 1.76. The van der Waals surface area contributed by atoms with Crippen molar-refractivity contribution in [1.82, 2.24) is 15.2 Å². The van der Waals surface area contributed by atoms with Gasteiger partial charge in [0.25, 0.3) is 0 Å². The Morgan fingerprint density at radius 3 is 2.90 bits per heavy atom. The lowest BCUT2D eigenvalue weighted by Gasteiger charge is -2.06. The Morgan fingerprint density at radius 2 is 2.15 bits per heavy atom. The molecule has 0 aliphatic heterocycles. The lowest BCUT2D eigenvalue weighted by Crippen LogP contribution is -2.01. The molecule has 3 rings (SSSR count). The number of rotatable bonds is 4. The summed E-state index contributed by atoms with van der Waals surface area (Å²) in [6.45, 7) is 0.653. The van der Waals surface area contributed by atoms with Crippen LogP contribution in [-0.4, -0.2) is 15.2 Å². The molecule has 3 aromatic rings. The third-order valence-electron chi connectivity index (χ3n) is 2.73. The van der Waals surface area contributed by atoms with Crippen LogP contribution in [0.25, 0.3) is 11.5 Å². The number of hydrogen-bond acceptors (Lipinski definition) is 5. The Kier molecular flexibility index (Phi) is 3.73. The number of anilines is 1.